The van der Waals surface area contributed by atoms with E-state index in [1.165, 1.54) is 6.92 Å². The van der Waals surface area contributed by atoms with Gasteiger partial charge in [-0.15, -0.1) is 0 Å². The highest BCUT2D eigenvalue weighted by Gasteiger charge is 2.15. The van der Waals surface area contributed by atoms with Crippen LogP contribution >= 0.6 is 22.0 Å². The number of thiazole rings is 1. The number of Topliss-reactive ketones (excluding diaryl/α,β-unsaturated/α-hetero) is 1. The van der Waals surface area contributed by atoms with Gasteiger partial charge in [-0.2, -0.15) is 0 Å². The average molecular weight is 226 g/mol. The van der Waals surface area contributed by atoms with Crippen molar-refractivity contribution >= 4 is 36.9 Å². The Labute approximate surface area is 77.6 Å². The molecule has 1 aromatic rings. The number of halogens is 1. The molecule has 4 nitrogen and oxygen atoms in total. The summed E-state index contributed by atoms with van der Waals surface area (Å²) in [5.74, 6) is -0.272. The molecule has 0 atom stereocenters. The SMILES string of the molecule is CC(=O)c1ncc(S(=O)(=O)Cl)s1. The minimum atomic E-state index is -3.74. The van der Waals surface area contributed by atoms with Crippen LogP contribution in [0, 0.1) is 0 Å². The predicted octanol–water partition coefficient (Wildman–Crippen LogP) is 1.27. The van der Waals surface area contributed by atoms with Crippen LogP contribution in [0.3, 0.4) is 0 Å². The van der Waals surface area contributed by atoms with Crippen molar-refractivity contribution in [2.45, 2.75) is 11.1 Å². The molecule has 0 saturated carbocycles. The van der Waals surface area contributed by atoms with E-state index in [1.807, 2.05) is 0 Å². The third-order valence-corrected chi connectivity index (χ3v) is 4.19. The summed E-state index contributed by atoms with van der Waals surface area (Å²) >= 11 is 0.767. The molecule has 0 unspecified atom stereocenters. The molecule has 12 heavy (non-hydrogen) atoms. The van der Waals surface area contributed by atoms with Crippen molar-refractivity contribution in [3.8, 4) is 0 Å². The Hall–Kier alpha value is -0.460. The van der Waals surface area contributed by atoms with Gasteiger partial charge in [-0.1, -0.05) is 11.3 Å². The van der Waals surface area contributed by atoms with Crippen LogP contribution in [-0.4, -0.2) is 19.2 Å². The van der Waals surface area contributed by atoms with Crippen LogP contribution in [0.1, 0.15) is 16.7 Å². The standard InChI is InChI=1S/C5H4ClNO3S2/c1-3(8)5-7-2-4(11-5)12(6,9)10/h2H,1H3. The van der Waals surface area contributed by atoms with Gasteiger partial charge in [0.1, 0.15) is 0 Å². The highest BCUT2D eigenvalue weighted by Crippen LogP contribution is 2.22. The Morgan fingerprint density at radius 3 is 2.50 bits per heavy atom. The molecular weight excluding hydrogens is 222 g/mol. The van der Waals surface area contributed by atoms with Crippen molar-refractivity contribution < 1.29 is 13.2 Å². The zero-order chi connectivity index (χ0) is 9.35. The van der Waals surface area contributed by atoms with Crippen LogP contribution in [-0.2, 0) is 9.05 Å². The van der Waals surface area contributed by atoms with Crippen LogP contribution in [0.4, 0.5) is 0 Å². The molecule has 1 aromatic heterocycles. The lowest BCUT2D eigenvalue weighted by Gasteiger charge is -1.83. The van der Waals surface area contributed by atoms with E-state index < -0.39 is 9.05 Å². The van der Waals surface area contributed by atoms with Crippen molar-refractivity contribution in [1.82, 2.24) is 4.98 Å². The van der Waals surface area contributed by atoms with Gasteiger partial charge in [0.05, 0.1) is 6.20 Å². The molecule has 1 rings (SSSR count). The quantitative estimate of drug-likeness (QED) is 0.562. The van der Waals surface area contributed by atoms with Crippen LogP contribution in [0.15, 0.2) is 10.4 Å². The van der Waals surface area contributed by atoms with Gasteiger partial charge in [-0.05, 0) is 0 Å². The van der Waals surface area contributed by atoms with Gasteiger partial charge in [0, 0.05) is 17.6 Å². The molecule has 0 amide bonds. The number of rotatable bonds is 2. The van der Waals surface area contributed by atoms with E-state index in [4.69, 9.17) is 10.7 Å². The maximum Gasteiger partial charge on any atom is 0.272 e. The number of nitrogens with zero attached hydrogens (tertiary/aromatic N) is 1. The lowest BCUT2D eigenvalue weighted by Crippen LogP contribution is -1.87. The summed E-state index contributed by atoms with van der Waals surface area (Å²) in [6.07, 6.45) is 1.07. The topological polar surface area (TPSA) is 64.1 Å². The number of ketones is 1. The van der Waals surface area contributed by atoms with Crippen LogP contribution in [0.25, 0.3) is 0 Å². The third-order valence-electron chi connectivity index (χ3n) is 1.03. The number of hydrogen-bond donors (Lipinski definition) is 0. The Morgan fingerprint density at radius 2 is 2.25 bits per heavy atom. The van der Waals surface area contributed by atoms with E-state index in [0.29, 0.717) is 0 Å². The first-order valence-corrected chi connectivity index (χ1v) is 5.95. The summed E-state index contributed by atoms with van der Waals surface area (Å²) in [4.78, 5) is 14.3. The number of carbonyl (C=O) groups excluding carboxylic acids is 1. The first kappa shape index (κ1) is 9.63. The van der Waals surface area contributed by atoms with Crippen molar-refractivity contribution in [2.75, 3.05) is 0 Å². The molecule has 0 aliphatic heterocycles. The lowest BCUT2D eigenvalue weighted by molar-refractivity contribution is 0.101. The molecule has 0 saturated heterocycles. The van der Waals surface area contributed by atoms with E-state index >= 15 is 0 Å². The Kier molecular flexibility index (Phi) is 2.50. The normalized spacial score (nSPS) is 11.5. The Morgan fingerprint density at radius 1 is 1.67 bits per heavy atom. The van der Waals surface area contributed by atoms with Crippen molar-refractivity contribution in [3.05, 3.63) is 11.2 Å². The second-order valence-corrected chi connectivity index (χ2v) is 5.80. The molecule has 1 heterocycles. The van der Waals surface area contributed by atoms with Crippen LogP contribution in [0.2, 0.25) is 0 Å². The fraction of sp³-hybridized carbons (Fsp3) is 0.200. The first-order valence-electron chi connectivity index (χ1n) is 2.82. The number of carbonyl (C=O) groups is 1. The maximum absolute atomic E-state index is 10.7. The van der Waals surface area contributed by atoms with Crippen molar-refractivity contribution in [2.24, 2.45) is 0 Å². The Bertz CT molecular complexity index is 408. The number of aromatic nitrogens is 1. The largest absolute Gasteiger partial charge is 0.292 e. The summed E-state index contributed by atoms with van der Waals surface area (Å²) < 4.78 is 21.3. The second-order valence-electron chi connectivity index (χ2n) is 1.98. The molecule has 0 fully saturated rings. The molecule has 0 N–H and O–H groups in total. The highest BCUT2D eigenvalue weighted by atomic mass is 35.7. The van der Waals surface area contributed by atoms with E-state index in [1.54, 1.807) is 0 Å². The highest BCUT2D eigenvalue weighted by molar-refractivity contribution is 8.15. The fourth-order valence-electron chi connectivity index (χ4n) is 0.535. The minimum Gasteiger partial charge on any atom is -0.292 e. The molecule has 7 heteroatoms. The third kappa shape index (κ3) is 2.02. The van der Waals surface area contributed by atoms with Gasteiger partial charge in [-0.25, -0.2) is 13.4 Å². The fourth-order valence-corrected chi connectivity index (χ4v) is 2.30. The van der Waals surface area contributed by atoms with Crippen LogP contribution in [0.5, 0.6) is 0 Å². The summed E-state index contributed by atoms with van der Waals surface area (Å²) in [5.41, 5.74) is 0. The van der Waals surface area contributed by atoms with E-state index in [2.05, 4.69) is 4.98 Å². The molecule has 0 bridgehead atoms. The molecule has 0 radical (unpaired) electrons. The predicted molar refractivity (Wildman–Crippen MR) is 45.2 cm³/mol. The van der Waals surface area contributed by atoms with E-state index in [-0.39, 0.29) is 15.0 Å². The van der Waals surface area contributed by atoms with Crippen molar-refractivity contribution in [1.29, 1.82) is 0 Å². The second kappa shape index (κ2) is 3.12. The van der Waals surface area contributed by atoms with Crippen molar-refractivity contribution in [3.63, 3.8) is 0 Å². The number of hydrogen-bond acceptors (Lipinski definition) is 5. The molecule has 0 spiro atoms. The molecular formula is C5H4ClNO3S2. The zero-order valence-electron chi connectivity index (χ0n) is 5.94. The van der Waals surface area contributed by atoms with Gasteiger partial charge in [0.2, 0.25) is 0 Å². The Balaban J connectivity index is 3.17. The van der Waals surface area contributed by atoms with Gasteiger partial charge in [0.25, 0.3) is 9.05 Å². The molecule has 66 valence electrons. The van der Waals surface area contributed by atoms with Gasteiger partial charge in [0.15, 0.2) is 15.0 Å². The monoisotopic (exact) mass is 225 g/mol. The molecule has 0 aliphatic rings. The summed E-state index contributed by atoms with van der Waals surface area (Å²) in [7, 11) is 1.27. The van der Waals surface area contributed by atoms with E-state index in [0.717, 1.165) is 17.5 Å². The summed E-state index contributed by atoms with van der Waals surface area (Å²) in [6.45, 7) is 1.31. The van der Waals surface area contributed by atoms with Gasteiger partial charge in [-0.3, -0.25) is 4.79 Å². The van der Waals surface area contributed by atoms with Crippen LogP contribution < -0.4 is 0 Å². The smallest absolute Gasteiger partial charge is 0.272 e. The van der Waals surface area contributed by atoms with E-state index in [9.17, 15) is 13.2 Å². The summed E-state index contributed by atoms with van der Waals surface area (Å²) in [5, 5.41) is 0.147. The minimum absolute atomic E-state index is 0.102. The maximum atomic E-state index is 10.7. The van der Waals surface area contributed by atoms with Gasteiger partial charge < -0.3 is 0 Å². The first-order chi connectivity index (χ1) is 5.41. The lowest BCUT2D eigenvalue weighted by atomic mass is 10.5. The molecule has 0 aromatic carbocycles. The zero-order valence-corrected chi connectivity index (χ0v) is 8.33. The summed E-state index contributed by atoms with van der Waals surface area (Å²) in [6, 6.07) is 0. The average Bonchev–Trinajstić information content (AvgIpc) is 2.30. The molecule has 0 aliphatic carbocycles. The van der Waals surface area contributed by atoms with Gasteiger partial charge >= 0.3 is 0 Å².